The number of hydrogen-bond acceptors (Lipinski definition) is 1. The fourth-order valence-electron chi connectivity index (χ4n) is 1.36. The van der Waals surface area contributed by atoms with E-state index in [2.05, 4.69) is 11.1 Å². The van der Waals surface area contributed by atoms with E-state index in [4.69, 9.17) is 0 Å². The van der Waals surface area contributed by atoms with E-state index in [-0.39, 0.29) is 25.7 Å². The third-order valence-corrected chi connectivity index (χ3v) is 2.11. The smallest absolute Gasteiger partial charge is 0.204 e. The summed E-state index contributed by atoms with van der Waals surface area (Å²) in [7, 11) is 0. The number of halogens is 2. The molecule has 0 atom stereocenters. The molecule has 2 aromatic rings. The molecule has 1 heterocycles. The van der Waals surface area contributed by atoms with Gasteiger partial charge >= 0.3 is 0 Å². The van der Waals surface area contributed by atoms with Crippen LogP contribution in [0.4, 0.5) is 8.78 Å². The molecule has 0 fully saturated rings. The fourth-order valence-corrected chi connectivity index (χ4v) is 1.36. The molecule has 0 amide bonds. The number of hydrogen-bond donors (Lipinski definition) is 0. The number of rotatable bonds is 1. The van der Waals surface area contributed by atoms with Crippen molar-refractivity contribution in [1.82, 2.24) is 4.98 Å². The van der Waals surface area contributed by atoms with E-state index in [0.717, 1.165) is 5.56 Å². The van der Waals surface area contributed by atoms with E-state index < -0.39 is 11.8 Å². The maximum atomic E-state index is 13.4. The van der Waals surface area contributed by atoms with Crippen LogP contribution < -0.4 is 0 Å². The molecule has 85 valence electrons. The molecular weight excluding hydrogens is 388 g/mol. The Balaban J connectivity index is 0.00000128. The molecular formula is C12H8F2IrN-. The van der Waals surface area contributed by atoms with Crippen LogP contribution in [0.25, 0.3) is 11.3 Å². The van der Waals surface area contributed by atoms with Gasteiger partial charge in [0, 0.05) is 25.9 Å². The van der Waals surface area contributed by atoms with Gasteiger partial charge in [-0.15, -0.1) is 24.3 Å². The zero-order valence-electron chi connectivity index (χ0n) is 8.42. The molecule has 2 rings (SSSR count). The molecule has 0 saturated heterocycles. The predicted octanol–water partition coefficient (Wildman–Crippen LogP) is 3.13. The average molecular weight is 396 g/mol. The number of nitrogens with zero attached hydrogens (tertiary/aromatic N) is 1. The number of benzene rings is 1. The average Bonchev–Trinajstić information content (AvgIpc) is 2.23. The van der Waals surface area contributed by atoms with Crippen LogP contribution in [0.15, 0.2) is 30.3 Å². The van der Waals surface area contributed by atoms with E-state index in [1.54, 1.807) is 19.1 Å². The maximum absolute atomic E-state index is 13.4. The van der Waals surface area contributed by atoms with Crippen LogP contribution in [0.5, 0.6) is 0 Å². The quantitative estimate of drug-likeness (QED) is 0.533. The van der Waals surface area contributed by atoms with Gasteiger partial charge in [0.15, 0.2) is 0 Å². The number of pyridine rings is 1. The summed E-state index contributed by atoms with van der Waals surface area (Å²) in [6.07, 6.45) is 0. The normalized spacial score (nSPS) is 9.69. The van der Waals surface area contributed by atoms with E-state index in [9.17, 15) is 8.78 Å². The summed E-state index contributed by atoms with van der Waals surface area (Å²) in [4.78, 5) is 3.67. The van der Waals surface area contributed by atoms with Gasteiger partial charge < -0.3 is 0 Å². The molecule has 0 spiro atoms. The fraction of sp³-hybridized carbons (Fsp3) is 0.0833. The first-order chi connectivity index (χ1) is 7.18. The Morgan fingerprint density at radius 1 is 1.19 bits per heavy atom. The zero-order valence-corrected chi connectivity index (χ0v) is 10.8. The monoisotopic (exact) mass is 397 g/mol. The van der Waals surface area contributed by atoms with Crippen molar-refractivity contribution in [2.75, 3.05) is 0 Å². The number of aryl methyl sites for hydroxylation is 1. The molecule has 1 aromatic carbocycles. The van der Waals surface area contributed by atoms with Crippen molar-refractivity contribution in [3.05, 3.63) is 53.7 Å². The van der Waals surface area contributed by atoms with E-state index in [1.165, 1.54) is 18.2 Å². The van der Waals surface area contributed by atoms with Gasteiger partial charge in [-0.2, -0.15) is 4.39 Å². The van der Waals surface area contributed by atoms with Crippen molar-refractivity contribution in [2.24, 2.45) is 0 Å². The van der Waals surface area contributed by atoms with E-state index >= 15 is 0 Å². The summed E-state index contributed by atoms with van der Waals surface area (Å²) in [5.74, 6) is -1.06. The largest absolute Gasteiger partial charge is 0.270 e. The molecule has 4 heteroatoms. The molecule has 0 N–H and O–H groups in total. The Hall–Kier alpha value is -1.12. The molecule has 0 aliphatic carbocycles. The third-order valence-electron chi connectivity index (χ3n) is 2.11. The summed E-state index contributed by atoms with van der Waals surface area (Å²) >= 11 is 0. The van der Waals surface area contributed by atoms with Crippen molar-refractivity contribution in [1.29, 1.82) is 0 Å². The standard InChI is InChI=1S/C12H8F2N.Ir/c1-8-6-7-11(14)15-12(8)9-4-2-3-5-10(9)13;/h2-3,5-7H,1H3;/q-1;. The Morgan fingerprint density at radius 3 is 2.62 bits per heavy atom. The maximum Gasteiger partial charge on any atom is 0.204 e. The van der Waals surface area contributed by atoms with Gasteiger partial charge in [0.1, 0.15) is 0 Å². The Labute approximate surface area is 106 Å². The predicted molar refractivity (Wildman–Crippen MR) is 53.2 cm³/mol. The van der Waals surface area contributed by atoms with Crippen molar-refractivity contribution >= 4 is 0 Å². The Bertz CT molecular complexity index is 500. The van der Waals surface area contributed by atoms with Gasteiger partial charge in [-0.1, -0.05) is 17.2 Å². The van der Waals surface area contributed by atoms with Crippen LogP contribution in [-0.4, -0.2) is 4.98 Å². The third kappa shape index (κ3) is 2.52. The summed E-state index contributed by atoms with van der Waals surface area (Å²) in [6, 6.07) is 9.95. The van der Waals surface area contributed by atoms with Crippen LogP contribution in [0.1, 0.15) is 5.56 Å². The molecule has 0 saturated carbocycles. The second kappa shape index (κ2) is 5.28. The molecule has 1 aromatic heterocycles. The summed E-state index contributed by atoms with van der Waals surface area (Å²) < 4.78 is 26.3. The topological polar surface area (TPSA) is 12.9 Å². The first kappa shape index (κ1) is 12.9. The molecule has 16 heavy (non-hydrogen) atoms. The van der Waals surface area contributed by atoms with Crippen LogP contribution in [0.3, 0.4) is 0 Å². The summed E-state index contributed by atoms with van der Waals surface area (Å²) in [5, 5.41) is 0. The van der Waals surface area contributed by atoms with Crippen molar-refractivity contribution in [3.63, 3.8) is 0 Å². The number of aromatic nitrogens is 1. The second-order valence-electron chi connectivity index (χ2n) is 3.19. The van der Waals surface area contributed by atoms with Gasteiger partial charge in [0.05, 0.1) is 0 Å². The van der Waals surface area contributed by atoms with Gasteiger partial charge in [0.25, 0.3) is 0 Å². The van der Waals surface area contributed by atoms with E-state index in [0.29, 0.717) is 5.69 Å². The van der Waals surface area contributed by atoms with Crippen LogP contribution in [0, 0.1) is 24.8 Å². The summed E-state index contributed by atoms with van der Waals surface area (Å²) in [5.41, 5.74) is 1.22. The minimum absolute atomic E-state index is 0. The molecule has 1 radical (unpaired) electrons. The first-order valence-electron chi connectivity index (χ1n) is 4.48. The zero-order chi connectivity index (χ0) is 10.8. The van der Waals surface area contributed by atoms with Crippen LogP contribution in [0.2, 0.25) is 0 Å². The van der Waals surface area contributed by atoms with Crippen molar-refractivity contribution in [3.8, 4) is 11.3 Å². The first-order valence-corrected chi connectivity index (χ1v) is 4.48. The van der Waals surface area contributed by atoms with Gasteiger partial charge in [-0.3, -0.25) is 9.37 Å². The van der Waals surface area contributed by atoms with Crippen molar-refractivity contribution in [2.45, 2.75) is 6.92 Å². The molecule has 1 nitrogen and oxygen atoms in total. The van der Waals surface area contributed by atoms with Crippen LogP contribution >= 0.6 is 0 Å². The minimum Gasteiger partial charge on any atom is -0.270 e. The second-order valence-corrected chi connectivity index (χ2v) is 3.19. The summed E-state index contributed by atoms with van der Waals surface area (Å²) in [6.45, 7) is 1.75. The molecule has 0 bridgehead atoms. The van der Waals surface area contributed by atoms with Gasteiger partial charge in [0.2, 0.25) is 5.95 Å². The van der Waals surface area contributed by atoms with Crippen LogP contribution in [-0.2, 0) is 20.1 Å². The van der Waals surface area contributed by atoms with Gasteiger partial charge in [-0.05, 0) is 18.7 Å². The van der Waals surface area contributed by atoms with Crippen molar-refractivity contribution < 1.29 is 28.9 Å². The molecule has 0 aliphatic heterocycles. The van der Waals surface area contributed by atoms with E-state index in [1.807, 2.05) is 0 Å². The molecule has 0 unspecified atom stereocenters. The minimum atomic E-state index is -0.618. The Kier molecular flexibility index (Phi) is 4.27. The Morgan fingerprint density at radius 2 is 1.94 bits per heavy atom. The van der Waals surface area contributed by atoms with Gasteiger partial charge in [-0.25, -0.2) is 0 Å². The molecule has 0 aliphatic rings. The SMILES string of the molecule is Cc1ccc(F)nc1-c1[c-]cccc1F.[Ir].